The average molecular weight is 402 g/mol. The number of benzene rings is 1. The summed E-state index contributed by atoms with van der Waals surface area (Å²) in [6.07, 6.45) is 4.97. The molecule has 2 N–H and O–H groups in total. The monoisotopic (exact) mass is 401 g/mol. The minimum Gasteiger partial charge on any atom is -0.370 e. The van der Waals surface area contributed by atoms with Gasteiger partial charge in [0.1, 0.15) is 0 Å². The third-order valence-corrected chi connectivity index (χ3v) is 6.33. The van der Waals surface area contributed by atoms with Gasteiger partial charge in [0.05, 0.1) is 5.54 Å². The molecule has 2 rings (SSSR count). The summed E-state index contributed by atoms with van der Waals surface area (Å²) < 4.78 is 0. The second-order valence-electron chi connectivity index (χ2n) is 8.98. The van der Waals surface area contributed by atoms with Crippen LogP contribution in [0.1, 0.15) is 83.5 Å². The van der Waals surface area contributed by atoms with Gasteiger partial charge in [-0.25, -0.2) is 0 Å². The lowest BCUT2D eigenvalue weighted by atomic mass is 9.79. The number of ketones is 1. The van der Waals surface area contributed by atoms with Crippen molar-refractivity contribution in [3.63, 3.8) is 0 Å². The fourth-order valence-electron chi connectivity index (χ4n) is 4.84. The quantitative estimate of drug-likeness (QED) is 0.590. The second-order valence-corrected chi connectivity index (χ2v) is 8.98. The summed E-state index contributed by atoms with van der Waals surface area (Å²) in [5.74, 6) is -0.0848. The largest absolute Gasteiger partial charge is 0.370 e. The molecule has 0 aliphatic carbocycles. The Labute approximate surface area is 176 Å². The van der Waals surface area contributed by atoms with Gasteiger partial charge >= 0.3 is 0 Å². The predicted molar refractivity (Wildman–Crippen MR) is 120 cm³/mol. The third kappa shape index (κ3) is 5.81. The van der Waals surface area contributed by atoms with Gasteiger partial charge in [-0.2, -0.15) is 0 Å². The SMILES string of the molecule is CCC(=O)c1ccc(N2CCCCC2(CCN(C(C)C)C(C)C)CC(N)=O)cc1. The van der Waals surface area contributed by atoms with Gasteiger partial charge in [-0.15, -0.1) is 0 Å². The fourth-order valence-corrected chi connectivity index (χ4v) is 4.84. The molecule has 29 heavy (non-hydrogen) atoms. The number of hydrogen-bond donors (Lipinski definition) is 1. The van der Waals surface area contributed by atoms with E-state index in [4.69, 9.17) is 5.73 Å². The summed E-state index contributed by atoms with van der Waals surface area (Å²) in [5, 5.41) is 0. The van der Waals surface area contributed by atoms with Crippen molar-refractivity contribution in [2.45, 2.75) is 90.8 Å². The highest BCUT2D eigenvalue weighted by Crippen LogP contribution is 2.38. The first-order valence-corrected chi connectivity index (χ1v) is 11.1. The second kappa shape index (κ2) is 10.2. The summed E-state index contributed by atoms with van der Waals surface area (Å²) in [7, 11) is 0. The first-order chi connectivity index (χ1) is 13.7. The molecule has 0 radical (unpaired) electrons. The first-order valence-electron chi connectivity index (χ1n) is 11.1. The van der Waals surface area contributed by atoms with Crippen LogP contribution in [0, 0.1) is 0 Å². The van der Waals surface area contributed by atoms with Crippen LogP contribution in [0.4, 0.5) is 5.69 Å². The molecule has 1 aromatic carbocycles. The van der Waals surface area contributed by atoms with Gasteiger partial charge < -0.3 is 10.6 Å². The van der Waals surface area contributed by atoms with Crippen molar-refractivity contribution in [3.05, 3.63) is 29.8 Å². The van der Waals surface area contributed by atoms with Crippen molar-refractivity contribution in [3.8, 4) is 0 Å². The molecule has 1 saturated heterocycles. The van der Waals surface area contributed by atoms with Crippen molar-refractivity contribution >= 4 is 17.4 Å². The zero-order valence-electron chi connectivity index (χ0n) is 18.9. The van der Waals surface area contributed by atoms with Crippen LogP contribution in [0.2, 0.25) is 0 Å². The molecule has 0 aromatic heterocycles. The number of hydrogen-bond acceptors (Lipinski definition) is 4. The predicted octanol–water partition coefficient (Wildman–Crippen LogP) is 4.39. The smallest absolute Gasteiger partial charge is 0.219 e. The van der Waals surface area contributed by atoms with E-state index in [0.717, 1.165) is 50.0 Å². The number of piperidine rings is 1. The van der Waals surface area contributed by atoms with Crippen molar-refractivity contribution in [1.29, 1.82) is 0 Å². The molecule has 5 heteroatoms. The van der Waals surface area contributed by atoms with Crippen LogP contribution in [0.15, 0.2) is 24.3 Å². The molecule has 162 valence electrons. The number of rotatable bonds is 10. The maximum absolute atomic E-state index is 12.1. The first kappa shape index (κ1) is 23.4. The molecule has 0 saturated carbocycles. The molecule has 0 bridgehead atoms. The Morgan fingerprint density at radius 3 is 2.24 bits per heavy atom. The minimum absolute atomic E-state index is 0.156. The van der Waals surface area contributed by atoms with E-state index in [9.17, 15) is 9.59 Å². The number of nitrogens with two attached hydrogens (primary N) is 1. The molecule has 1 heterocycles. The molecular weight excluding hydrogens is 362 g/mol. The van der Waals surface area contributed by atoms with Crippen molar-refractivity contribution in [2.75, 3.05) is 18.0 Å². The number of carbonyl (C=O) groups is 2. The molecule has 5 nitrogen and oxygen atoms in total. The fraction of sp³-hybridized carbons (Fsp3) is 0.667. The van der Waals surface area contributed by atoms with Crippen LogP contribution >= 0.6 is 0 Å². The Kier molecular flexibility index (Phi) is 8.26. The van der Waals surface area contributed by atoms with Gasteiger partial charge in [0.25, 0.3) is 0 Å². The van der Waals surface area contributed by atoms with Crippen molar-refractivity contribution in [1.82, 2.24) is 4.90 Å². The molecule has 1 amide bonds. The molecule has 1 aliphatic rings. The highest BCUT2D eigenvalue weighted by Gasteiger charge is 2.40. The van der Waals surface area contributed by atoms with Crippen LogP contribution in [-0.2, 0) is 4.79 Å². The number of nitrogens with zero attached hydrogens (tertiary/aromatic N) is 2. The van der Waals surface area contributed by atoms with E-state index >= 15 is 0 Å². The molecule has 1 unspecified atom stereocenters. The topological polar surface area (TPSA) is 66.6 Å². The Balaban J connectivity index is 2.33. The van der Waals surface area contributed by atoms with Crippen LogP contribution in [0.25, 0.3) is 0 Å². The number of amides is 1. The van der Waals surface area contributed by atoms with Crippen LogP contribution < -0.4 is 10.6 Å². The molecular formula is C24H39N3O2. The van der Waals surface area contributed by atoms with Crippen LogP contribution in [0.5, 0.6) is 0 Å². The Morgan fingerprint density at radius 2 is 1.72 bits per heavy atom. The summed E-state index contributed by atoms with van der Waals surface area (Å²) >= 11 is 0. The van der Waals surface area contributed by atoms with Gasteiger partial charge in [-0.1, -0.05) is 6.92 Å². The van der Waals surface area contributed by atoms with E-state index in [1.165, 1.54) is 0 Å². The van der Waals surface area contributed by atoms with Crippen LogP contribution in [-0.4, -0.2) is 47.3 Å². The molecule has 0 spiro atoms. The lowest BCUT2D eigenvalue weighted by molar-refractivity contribution is -0.119. The van der Waals surface area contributed by atoms with Gasteiger partial charge in [-0.05, 0) is 77.6 Å². The number of Topliss-reactive ketones (excluding diaryl/α,β-unsaturated/α-hetero) is 1. The average Bonchev–Trinajstić information content (AvgIpc) is 2.67. The van der Waals surface area contributed by atoms with Crippen molar-refractivity contribution < 1.29 is 9.59 Å². The lowest BCUT2D eigenvalue weighted by Gasteiger charge is -2.49. The molecule has 1 atom stereocenters. The summed E-state index contributed by atoms with van der Waals surface area (Å²) in [6, 6.07) is 8.81. The number of primary amides is 1. The van der Waals surface area contributed by atoms with Gasteiger partial charge in [0.2, 0.25) is 5.91 Å². The molecule has 1 fully saturated rings. The number of carbonyl (C=O) groups excluding carboxylic acids is 2. The Morgan fingerprint density at radius 1 is 1.10 bits per heavy atom. The number of anilines is 1. The van der Waals surface area contributed by atoms with E-state index in [2.05, 4.69) is 37.5 Å². The summed E-state index contributed by atoms with van der Waals surface area (Å²) in [6.45, 7) is 12.6. The van der Waals surface area contributed by atoms with E-state index in [1.54, 1.807) is 0 Å². The van der Waals surface area contributed by atoms with E-state index in [-0.39, 0.29) is 17.2 Å². The maximum atomic E-state index is 12.1. The van der Waals surface area contributed by atoms with Crippen molar-refractivity contribution in [2.24, 2.45) is 5.73 Å². The van der Waals surface area contributed by atoms with Gasteiger partial charge in [0.15, 0.2) is 5.78 Å². The molecule has 1 aliphatic heterocycles. The third-order valence-electron chi connectivity index (χ3n) is 6.33. The Hall–Kier alpha value is -1.88. The maximum Gasteiger partial charge on any atom is 0.219 e. The standard InChI is InChI=1S/C24H39N3O2/c1-6-22(28)20-9-11-21(12-10-20)27-15-8-7-13-24(27,17-23(25)29)14-16-26(18(2)3)19(4)5/h9-12,18-19H,6-8,13-17H2,1-5H3,(H2,25,29). The van der Waals surface area contributed by atoms with Crippen LogP contribution in [0.3, 0.4) is 0 Å². The zero-order valence-corrected chi connectivity index (χ0v) is 18.9. The Bertz CT molecular complexity index is 676. The van der Waals surface area contributed by atoms with E-state index in [0.29, 0.717) is 24.9 Å². The van der Waals surface area contributed by atoms with Gasteiger partial charge in [-0.3, -0.25) is 14.5 Å². The summed E-state index contributed by atoms with van der Waals surface area (Å²) in [4.78, 5) is 29.0. The van der Waals surface area contributed by atoms with Gasteiger partial charge in [0, 0.05) is 49.3 Å². The minimum atomic E-state index is -0.262. The molecule has 1 aromatic rings. The summed E-state index contributed by atoms with van der Waals surface area (Å²) in [5.41, 5.74) is 7.30. The lowest BCUT2D eigenvalue weighted by Crippen LogP contribution is -2.56. The van der Waals surface area contributed by atoms with E-state index in [1.807, 2.05) is 31.2 Å². The highest BCUT2D eigenvalue weighted by atomic mass is 16.1. The highest BCUT2D eigenvalue weighted by molar-refractivity contribution is 5.96. The normalized spacial score (nSPS) is 19.9. The zero-order chi connectivity index (χ0) is 21.6. The van der Waals surface area contributed by atoms with E-state index < -0.39 is 0 Å².